The molecular weight excluding hydrogens is 401 g/mol. The van der Waals surface area contributed by atoms with Crippen molar-refractivity contribution in [1.82, 2.24) is 25.3 Å². The Morgan fingerprint density at radius 2 is 2.07 bits per heavy atom. The molecule has 0 radical (unpaired) electrons. The zero-order valence-corrected chi connectivity index (χ0v) is 16.0. The average molecular weight is 420 g/mol. The number of carbonyl (C=O) groups excluding carboxylic acids is 1. The van der Waals surface area contributed by atoms with Crippen molar-refractivity contribution in [2.75, 3.05) is 11.9 Å². The lowest BCUT2D eigenvalue weighted by molar-refractivity contribution is -0.137. The normalized spacial score (nSPS) is 15.9. The summed E-state index contributed by atoms with van der Waals surface area (Å²) >= 11 is 0. The first-order valence-electron chi connectivity index (χ1n) is 8.92. The summed E-state index contributed by atoms with van der Waals surface area (Å²) in [7, 11) is 1.71. The van der Waals surface area contributed by atoms with Gasteiger partial charge >= 0.3 is 6.18 Å². The highest BCUT2D eigenvalue weighted by Gasteiger charge is 2.30. The van der Waals surface area contributed by atoms with Crippen molar-refractivity contribution in [2.45, 2.75) is 12.6 Å². The van der Waals surface area contributed by atoms with Crippen LogP contribution in [0.3, 0.4) is 0 Å². The Kier molecular flexibility index (Phi) is 6.19. The Morgan fingerprint density at radius 1 is 1.33 bits per heavy atom. The van der Waals surface area contributed by atoms with E-state index in [0.717, 1.165) is 25.1 Å². The number of anilines is 2. The maximum atomic E-state index is 12.5. The summed E-state index contributed by atoms with van der Waals surface area (Å²) in [5.74, 6) is 0.421. The van der Waals surface area contributed by atoms with Gasteiger partial charge in [-0.1, -0.05) is 6.08 Å². The van der Waals surface area contributed by atoms with Crippen LogP contribution >= 0.6 is 0 Å². The molecule has 1 aromatic carbocycles. The van der Waals surface area contributed by atoms with Crippen molar-refractivity contribution in [3.05, 3.63) is 55.1 Å². The molecule has 11 heteroatoms. The number of nitrogens with one attached hydrogen (secondary N) is 2. The monoisotopic (exact) mass is 420 g/mol. The molecule has 0 bridgehead atoms. The van der Waals surface area contributed by atoms with E-state index in [1.807, 2.05) is 0 Å². The summed E-state index contributed by atoms with van der Waals surface area (Å²) in [6, 6.07) is 4.69. The highest BCUT2D eigenvalue weighted by atomic mass is 19.4. The summed E-state index contributed by atoms with van der Waals surface area (Å²) in [6.45, 7) is 4.35. The van der Waals surface area contributed by atoms with Gasteiger partial charge < -0.3 is 15.1 Å². The van der Waals surface area contributed by atoms with E-state index in [1.165, 1.54) is 23.2 Å². The molecule has 1 unspecified atom stereocenters. The van der Waals surface area contributed by atoms with Crippen molar-refractivity contribution in [3.8, 4) is 11.6 Å². The first kappa shape index (κ1) is 21.1. The Bertz CT molecular complexity index is 996. The molecule has 2 N–H and O–H groups in total. The third kappa shape index (κ3) is 5.04. The van der Waals surface area contributed by atoms with Crippen molar-refractivity contribution < 1.29 is 22.4 Å². The molecule has 1 amide bonds. The number of hydrogen-bond acceptors (Lipinski definition) is 6. The summed E-state index contributed by atoms with van der Waals surface area (Å²) in [6.07, 6.45) is 1.09. The number of amides is 1. The van der Waals surface area contributed by atoms with E-state index in [2.05, 4.69) is 32.5 Å². The number of rotatable bonds is 4. The van der Waals surface area contributed by atoms with Crippen molar-refractivity contribution in [2.24, 2.45) is 13.0 Å². The number of aromatic nitrogens is 4. The van der Waals surface area contributed by atoms with Crippen LogP contribution in [0.4, 0.5) is 24.5 Å². The minimum Gasteiger partial charge on any atom is -0.422 e. The number of hydrogen-bond donors (Lipinski definition) is 2. The van der Waals surface area contributed by atoms with Gasteiger partial charge in [0.25, 0.3) is 5.89 Å². The van der Waals surface area contributed by atoms with Crippen LogP contribution in [0.15, 0.2) is 53.9 Å². The van der Waals surface area contributed by atoms with Crippen LogP contribution < -0.4 is 10.6 Å². The quantitative estimate of drug-likeness (QED) is 0.627. The maximum absolute atomic E-state index is 12.5. The van der Waals surface area contributed by atoms with Crippen molar-refractivity contribution >= 4 is 17.3 Å². The summed E-state index contributed by atoms with van der Waals surface area (Å²) in [4.78, 5) is 10.6. The predicted octanol–water partition coefficient (Wildman–Crippen LogP) is 3.54. The molecule has 1 aliphatic rings. The first-order chi connectivity index (χ1) is 14.3. The van der Waals surface area contributed by atoms with Crippen LogP contribution in [-0.4, -0.2) is 32.4 Å². The molecule has 1 saturated heterocycles. The molecule has 0 aliphatic carbocycles. The van der Waals surface area contributed by atoms with Gasteiger partial charge in [-0.3, -0.25) is 9.48 Å². The van der Waals surface area contributed by atoms with Crippen molar-refractivity contribution in [1.29, 1.82) is 0 Å². The number of aryl methyl sites for hydroxylation is 1. The van der Waals surface area contributed by atoms with Gasteiger partial charge in [-0.25, -0.2) is 0 Å². The van der Waals surface area contributed by atoms with Crippen molar-refractivity contribution in [3.63, 3.8) is 0 Å². The molecule has 1 aliphatic heterocycles. The fourth-order valence-electron chi connectivity index (χ4n) is 2.75. The number of alkyl halides is 3. The Morgan fingerprint density at radius 3 is 2.57 bits per heavy atom. The van der Waals surface area contributed by atoms with E-state index < -0.39 is 11.7 Å². The molecule has 30 heavy (non-hydrogen) atoms. The maximum Gasteiger partial charge on any atom is 0.416 e. The SMILES string of the molecule is C=CC1CCNC1=O.Cn1cc(Nc2ccc(C(F)(F)F)cc2)c(-c2nnco2)n1. The summed E-state index contributed by atoms with van der Waals surface area (Å²) in [5, 5.41) is 17.2. The van der Waals surface area contributed by atoms with Gasteiger partial charge in [-0.05, 0) is 30.7 Å². The standard InChI is InChI=1S/C13H10F3N5O.C6H9NO/c1-21-6-10(11(20-21)12-19-17-7-22-12)18-9-4-2-8(3-5-9)13(14,15)16;1-2-5-3-4-7-6(5)8/h2-7,18H,1H3;2,5H,1,3-4H2,(H,7,8). The number of halogens is 3. The van der Waals surface area contributed by atoms with Gasteiger partial charge in [0.1, 0.15) is 0 Å². The van der Waals surface area contributed by atoms with Gasteiger partial charge in [0.2, 0.25) is 12.3 Å². The average Bonchev–Trinajstić information content (AvgIpc) is 3.43. The largest absolute Gasteiger partial charge is 0.422 e. The second kappa shape index (κ2) is 8.80. The highest BCUT2D eigenvalue weighted by molar-refractivity contribution is 5.82. The van der Waals surface area contributed by atoms with Gasteiger partial charge in [-0.2, -0.15) is 18.3 Å². The highest BCUT2D eigenvalue weighted by Crippen LogP contribution is 2.31. The minimum absolute atomic E-state index is 0.0787. The molecule has 1 atom stereocenters. The topological polar surface area (TPSA) is 97.9 Å². The van der Waals surface area contributed by atoms with Gasteiger partial charge in [-0.15, -0.1) is 16.8 Å². The summed E-state index contributed by atoms with van der Waals surface area (Å²) in [5.41, 5.74) is 0.745. The Labute approximate surface area is 169 Å². The number of nitrogens with zero attached hydrogens (tertiary/aromatic N) is 4. The second-order valence-electron chi connectivity index (χ2n) is 6.43. The lowest BCUT2D eigenvalue weighted by atomic mass is 10.1. The lowest BCUT2D eigenvalue weighted by Crippen LogP contribution is -2.17. The first-order valence-corrected chi connectivity index (χ1v) is 8.92. The van der Waals surface area contributed by atoms with Crippen LogP contribution in [0.2, 0.25) is 0 Å². The molecule has 4 rings (SSSR count). The Balaban J connectivity index is 0.000000269. The molecule has 0 spiro atoms. The van der Waals surface area contributed by atoms with Crippen LogP contribution in [0, 0.1) is 5.92 Å². The van der Waals surface area contributed by atoms with E-state index in [0.29, 0.717) is 17.1 Å². The molecule has 2 aromatic heterocycles. The molecule has 0 saturated carbocycles. The third-order valence-corrected chi connectivity index (χ3v) is 4.26. The lowest BCUT2D eigenvalue weighted by Gasteiger charge is -2.08. The van der Waals surface area contributed by atoms with Crippen LogP contribution in [0.25, 0.3) is 11.6 Å². The predicted molar refractivity (Wildman–Crippen MR) is 103 cm³/mol. The van der Waals surface area contributed by atoms with Crippen LogP contribution in [0.1, 0.15) is 12.0 Å². The van der Waals surface area contributed by atoms with E-state index >= 15 is 0 Å². The smallest absolute Gasteiger partial charge is 0.416 e. The minimum atomic E-state index is -4.36. The number of carbonyl (C=O) groups is 1. The van der Waals surface area contributed by atoms with Gasteiger partial charge in [0.05, 0.1) is 17.2 Å². The Hall–Kier alpha value is -3.63. The van der Waals surface area contributed by atoms with E-state index in [-0.39, 0.29) is 17.7 Å². The van der Waals surface area contributed by atoms with Gasteiger partial charge in [0.15, 0.2) is 5.69 Å². The van der Waals surface area contributed by atoms with Crippen LogP contribution in [-0.2, 0) is 18.0 Å². The third-order valence-electron chi connectivity index (χ3n) is 4.26. The fourth-order valence-corrected chi connectivity index (χ4v) is 2.75. The molecule has 158 valence electrons. The van der Waals surface area contributed by atoms with E-state index in [1.54, 1.807) is 19.3 Å². The zero-order chi connectivity index (χ0) is 21.7. The van der Waals surface area contributed by atoms with E-state index in [4.69, 9.17) is 4.42 Å². The molecule has 3 heterocycles. The zero-order valence-electron chi connectivity index (χ0n) is 16.0. The van der Waals surface area contributed by atoms with E-state index in [9.17, 15) is 18.0 Å². The molecular formula is C19H19F3N6O2. The summed E-state index contributed by atoms with van der Waals surface area (Å²) < 4.78 is 44.2. The molecule has 8 nitrogen and oxygen atoms in total. The molecule has 3 aromatic rings. The fraction of sp³-hybridized carbons (Fsp3) is 0.263. The second-order valence-corrected chi connectivity index (χ2v) is 6.43. The van der Waals surface area contributed by atoms with Gasteiger partial charge in [0, 0.05) is 25.5 Å². The van der Waals surface area contributed by atoms with Crippen LogP contribution in [0.5, 0.6) is 0 Å². The molecule has 1 fully saturated rings. The number of benzene rings is 1.